The van der Waals surface area contributed by atoms with Crippen LogP contribution in [0.3, 0.4) is 0 Å². The molecule has 1 heterocycles. The fraction of sp³-hybridized carbons (Fsp3) is 0. The number of terminal acetylenes is 1. The zero-order valence-electron chi connectivity index (χ0n) is 5.98. The maximum absolute atomic E-state index is 10.1. The molecule has 4 nitrogen and oxygen atoms in total. The van der Waals surface area contributed by atoms with Gasteiger partial charge in [0.05, 0.1) is 17.1 Å². The highest BCUT2D eigenvalue weighted by molar-refractivity contribution is 5.23. The number of halogens is 1. The van der Waals surface area contributed by atoms with Gasteiger partial charge in [-0.25, -0.2) is 0 Å². The molecule has 0 N–H and O–H groups in total. The van der Waals surface area contributed by atoms with E-state index in [1.165, 1.54) is 29.1 Å². The van der Waals surface area contributed by atoms with Gasteiger partial charge in [0.1, 0.15) is 0 Å². The zero-order valence-corrected chi connectivity index (χ0v) is 7.56. The van der Waals surface area contributed by atoms with Crippen LogP contribution in [0, 0.1) is 22.6 Å². The minimum Gasteiger partial charge on any atom is -1.00 e. The molecule has 0 saturated heterocycles. The molecule has 0 spiro atoms. The molecular formula is C7H5BrN2O2. The Kier molecular flexibility index (Phi) is 3.94. The van der Waals surface area contributed by atoms with E-state index in [4.69, 9.17) is 6.42 Å². The minimum atomic E-state index is -0.471. The minimum absolute atomic E-state index is 0. The van der Waals surface area contributed by atoms with Crippen LogP contribution in [0.5, 0.6) is 0 Å². The zero-order chi connectivity index (χ0) is 8.27. The van der Waals surface area contributed by atoms with Gasteiger partial charge < -0.3 is 17.0 Å². The van der Waals surface area contributed by atoms with Gasteiger partial charge >= 0.3 is 0 Å². The summed E-state index contributed by atoms with van der Waals surface area (Å²) in [4.78, 5) is 9.67. The van der Waals surface area contributed by atoms with Gasteiger partial charge in [-0.15, -0.1) is 4.57 Å². The predicted octanol–water partition coefficient (Wildman–Crippen LogP) is -2.67. The van der Waals surface area contributed by atoms with E-state index in [0.717, 1.165) is 0 Å². The van der Waals surface area contributed by atoms with Gasteiger partial charge in [-0.05, 0) is 6.42 Å². The first-order valence-corrected chi connectivity index (χ1v) is 2.86. The maximum Gasteiger partial charge on any atom is 0.281 e. The Labute approximate surface area is 79.8 Å². The van der Waals surface area contributed by atoms with Crippen molar-refractivity contribution in [3.63, 3.8) is 0 Å². The normalized spacial score (nSPS) is 7.92. The summed E-state index contributed by atoms with van der Waals surface area (Å²) in [5.74, 6) is 0. The molecule has 5 heteroatoms. The molecule has 0 fully saturated rings. The number of hydrogen-bond acceptors (Lipinski definition) is 2. The van der Waals surface area contributed by atoms with Crippen molar-refractivity contribution in [1.29, 1.82) is 0 Å². The predicted molar refractivity (Wildman–Crippen MR) is 37.5 cm³/mol. The molecule has 0 radical (unpaired) electrons. The van der Waals surface area contributed by atoms with Crippen LogP contribution in [-0.2, 0) is 0 Å². The lowest BCUT2D eigenvalue weighted by Gasteiger charge is -1.85. The van der Waals surface area contributed by atoms with Crippen molar-refractivity contribution >= 4 is 5.69 Å². The Morgan fingerprint density at radius 1 is 1.50 bits per heavy atom. The van der Waals surface area contributed by atoms with Crippen LogP contribution in [0.15, 0.2) is 24.5 Å². The molecule has 0 atom stereocenters. The van der Waals surface area contributed by atoms with Crippen LogP contribution in [-0.4, -0.2) is 4.92 Å². The maximum atomic E-state index is 10.1. The average Bonchev–Trinajstić information content (AvgIpc) is 2.05. The first-order valence-electron chi connectivity index (χ1n) is 2.86. The molecule has 1 aromatic heterocycles. The summed E-state index contributed by atoms with van der Waals surface area (Å²) in [5, 5.41) is 10.1. The highest BCUT2D eigenvalue weighted by Crippen LogP contribution is 2.04. The third kappa shape index (κ3) is 2.32. The van der Waals surface area contributed by atoms with Crippen molar-refractivity contribution in [3.05, 3.63) is 34.6 Å². The van der Waals surface area contributed by atoms with Gasteiger partial charge in [0.25, 0.3) is 5.69 Å². The summed E-state index contributed by atoms with van der Waals surface area (Å²) in [7, 11) is 0. The molecule has 0 aromatic carbocycles. The first-order chi connectivity index (χ1) is 5.24. The van der Waals surface area contributed by atoms with Crippen LogP contribution < -0.4 is 21.5 Å². The van der Waals surface area contributed by atoms with E-state index in [-0.39, 0.29) is 22.7 Å². The van der Waals surface area contributed by atoms with Crippen LogP contribution in [0.1, 0.15) is 0 Å². The molecule has 0 aliphatic carbocycles. The van der Waals surface area contributed by atoms with E-state index in [0.29, 0.717) is 0 Å². The fourth-order valence-corrected chi connectivity index (χ4v) is 0.626. The number of nitro groups is 1. The summed E-state index contributed by atoms with van der Waals surface area (Å²) in [6.07, 6.45) is 7.93. The highest BCUT2D eigenvalue weighted by atomic mass is 79.9. The van der Waals surface area contributed by atoms with Gasteiger partial charge in [-0.1, -0.05) is 0 Å². The second-order valence-corrected chi connectivity index (χ2v) is 1.85. The Hall–Kier alpha value is -1.41. The lowest BCUT2D eigenvalue weighted by atomic mass is 10.4. The molecule has 0 saturated carbocycles. The summed E-state index contributed by atoms with van der Waals surface area (Å²) in [6.45, 7) is 0. The standard InChI is InChI=1S/C7H5N2O2.BrH/c1-2-8-5-3-7(4-6-8)9(10)11;/h1,3-6H;1H/q+1;/p-1. The van der Waals surface area contributed by atoms with E-state index in [1.54, 1.807) is 0 Å². The molecule has 62 valence electrons. The Morgan fingerprint density at radius 2 is 2.00 bits per heavy atom. The number of aromatic nitrogens is 1. The average molecular weight is 229 g/mol. The fourth-order valence-electron chi connectivity index (χ4n) is 0.626. The van der Waals surface area contributed by atoms with E-state index in [9.17, 15) is 10.1 Å². The van der Waals surface area contributed by atoms with Crippen LogP contribution in [0.2, 0.25) is 0 Å². The van der Waals surface area contributed by atoms with Gasteiger partial charge in [-0.3, -0.25) is 10.1 Å². The SMILES string of the molecule is C#C[n+]1ccc([N+](=O)[O-])cc1.[Br-]. The number of nitrogens with zero attached hydrogens (tertiary/aromatic N) is 2. The van der Waals surface area contributed by atoms with Crippen molar-refractivity contribution in [2.24, 2.45) is 0 Å². The first kappa shape index (κ1) is 10.6. The van der Waals surface area contributed by atoms with Gasteiger partial charge in [0.2, 0.25) is 6.04 Å². The summed E-state index contributed by atoms with van der Waals surface area (Å²) in [6, 6.07) is 4.98. The smallest absolute Gasteiger partial charge is 0.281 e. The van der Waals surface area contributed by atoms with Gasteiger partial charge in [-0.2, -0.15) is 0 Å². The second kappa shape index (κ2) is 4.46. The van der Waals surface area contributed by atoms with Crippen molar-refractivity contribution in [3.8, 4) is 12.5 Å². The Morgan fingerprint density at radius 3 is 2.33 bits per heavy atom. The molecule has 0 bridgehead atoms. The summed E-state index contributed by atoms with van der Waals surface area (Å²) < 4.78 is 1.40. The Bertz CT molecular complexity index is 315. The van der Waals surface area contributed by atoms with Crippen LogP contribution >= 0.6 is 0 Å². The monoisotopic (exact) mass is 228 g/mol. The molecule has 1 rings (SSSR count). The van der Waals surface area contributed by atoms with Crippen molar-refractivity contribution in [2.45, 2.75) is 0 Å². The van der Waals surface area contributed by atoms with E-state index < -0.39 is 4.92 Å². The number of pyridine rings is 1. The van der Waals surface area contributed by atoms with E-state index in [1.807, 2.05) is 0 Å². The number of hydrogen-bond donors (Lipinski definition) is 0. The van der Waals surface area contributed by atoms with Gasteiger partial charge in [0, 0.05) is 0 Å². The number of rotatable bonds is 1. The quantitative estimate of drug-likeness (QED) is 0.228. The topological polar surface area (TPSA) is 47.0 Å². The molecule has 12 heavy (non-hydrogen) atoms. The molecule has 0 aliphatic rings. The van der Waals surface area contributed by atoms with Crippen molar-refractivity contribution in [2.75, 3.05) is 0 Å². The van der Waals surface area contributed by atoms with Crippen molar-refractivity contribution < 1.29 is 26.5 Å². The van der Waals surface area contributed by atoms with Crippen LogP contribution in [0.4, 0.5) is 5.69 Å². The molecule has 0 amide bonds. The largest absolute Gasteiger partial charge is 1.00 e. The van der Waals surface area contributed by atoms with E-state index >= 15 is 0 Å². The molecule has 0 unspecified atom stereocenters. The Balaban J connectivity index is 0.00000121. The van der Waals surface area contributed by atoms with Gasteiger partial charge in [0.15, 0.2) is 12.4 Å². The molecule has 0 aliphatic heterocycles. The third-order valence-electron chi connectivity index (χ3n) is 1.17. The molecular weight excluding hydrogens is 224 g/mol. The van der Waals surface area contributed by atoms with Crippen LogP contribution in [0.25, 0.3) is 0 Å². The summed E-state index contributed by atoms with van der Waals surface area (Å²) >= 11 is 0. The lowest BCUT2D eigenvalue weighted by molar-refractivity contribution is -0.584. The van der Waals surface area contributed by atoms with Crippen molar-refractivity contribution in [1.82, 2.24) is 0 Å². The molecule has 1 aromatic rings. The van der Waals surface area contributed by atoms with E-state index in [2.05, 4.69) is 6.04 Å². The second-order valence-electron chi connectivity index (χ2n) is 1.85. The lowest BCUT2D eigenvalue weighted by Crippen LogP contribution is -3.00. The summed E-state index contributed by atoms with van der Waals surface area (Å²) in [5.41, 5.74) is 0.0384. The highest BCUT2D eigenvalue weighted by Gasteiger charge is 2.06. The third-order valence-corrected chi connectivity index (χ3v) is 1.17.